The molecule has 1 heterocycles. The first kappa shape index (κ1) is 11.4. The van der Waals surface area contributed by atoms with E-state index in [4.69, 9.17) is 5.73 Å². The zero-order valence-electron chi connectivity index (χ0n) is 10.4. The minimum atomic E-state index is -0.0276. The predicted molar refractivity (Wildman–Crippen MR) is 64.8 cm³/mol. The van der Waals surface area contributed by atoms with Crippen LogP contribution < -0.4 is 5.73 Å². The van der Waals surface area contributed by atoms with Gasteiger partial charge in [0.2, 0.25) is 0 Å². The van der Waals surface area contributed by atoms with Gasteiger partial charge in [-0.2, -0.15) is 0 Å². The van der Waals surface area contributed by atoms with E-state index in [0.29, 0.717) is 0 Å². The van der Waals surface area contributed by atoms with Crippen molar-refractivity contribution in [2.45, 2.75) is 57.9 Å². The Kier molecular flexibility index (Phi) is 3.09. The van der Waals surface area contributed by atoms with Crippen LogP contribution in [0, 0.1) is 5.41 Å². The number of rotatable bonds is 2. The van der Waals surface area contributed by atoms with Crippen LogP contribution in [0.25, 0.3) is 0 Å². The third-order valence-electron chi connectivity index (χ3n) is 4.21. The van der Waals surface area contributed by atoms with Crippen molar-refractivity contribution in [1.29, 1.82) is 0 Å². The second-order valence-electron chi connectivity index (χ2n) is 6.47. The highest BCUT2D eigenvalue weighted by molar-refractivity contribution is 4.91. The van der Waals surface area contributed by atoms with E-state index in [2.05, 4.69) is 18.7 Å². The Balaban J connectivity index is 1.81. The van der Waals surface area contributed by atoms with Crippen molar-refractivity contribution in [3.63, 3.8) is 0 Å². The summed E-state index contributed by atoms with van der Waals surface area (Å²) in [7, 11) is 0. The summed E-state index contributed by atoms with van der Waals surface area (Å²) >= 11 is 0. The number of nitrogens with two attached hydrogens (primary N) is 1. The largest absolute Gasteiger partial charge is 0.324 e. The molecular formula is C13H26N2. The molecule has 2 nitrogen and oxygen atoms in total. The van der Waals surface area contributed by atoms with E-state index in [9.17, 15) is 0 Å². The fourth-order valence-electron chi connectivity index (χ4n) is 3.39. The summed E-state index contributed by atoms with van der Waals surface area (Å²) in [4.78, 5) is 2.56. The van der Waals surface area contributed by atoms with Gasteiger partial charge in [-0.25, -0.2) is 0 Å². The lowest BCUT2D eigenvalue weighted by Crippen LogP contribution is -2.49. The van der Waals surface area contributed by atoms with E-state index >= 15 is 0 Å². The molecule has 0 atom stereocenters. The topological polar surface area (TPSA) is 29.3 Å². The number of nitrogens with zero attached hydrogens (tertiary/aromatic N) is 1. The standard InChI is InChI=1S/C13H26N2/c1-12(2,14)11-15-9-7-13(8-10-15)5-3-4-6-13/h3-11,14H2,1-2H3. The van der Waals surface area contributed by atoms with E-state index in [0.717, 1.165) is 12.0 Å². The zero-order valence-corrected chi connectivity index (χ0v) is 10.4. The highest BCUT2D eigenvalue weighted by Gasteiger charge is 2.37. The van der Waals surface area contributed by atoms with Crippen molar-refractivity contribution in [1.82, 2.24) is 4.90 Å². The molecule has 88 valence electrons. The molecule has 1 aliphatic carbocycles. The fourth-order valence-corrected chi connectivity index (χ4v) is 3.39. The summed E-state index contributed by atoms with van der Waals surface area (Å²) in [6, 6.07) is 0. The Morgan fingerprint density at radius 3 is 2.07 bits per heavy atom. The zero-order chi connectivity index (χ0) is 10.9. The summed E-state index contributed by atoms with van der Waals surface area (Å²) in [6.45, 7) is 7.88. The molecule has 2 N–H and O–H groups in total. The molecule has 0 bridgehead atoms. The number of likely N-dealkylation sites (tertiary alicyclic amines) is 1. The van der Waals surface area contributed by atoms with Crippen LogP contribution in [0.4, 0.5) is 0 Å². The predicted octanol–water partition coefficient (Wildman–Crippen LogP) is 2.38. The van der Waals surface area contributed by atoms with Crippen LogP contribution in [0.2, 0.25) is 0 Å². The highest BCUT2D eigenvalue weighted by atomic mass is 15.1. The molecule has 0 aromatic rings. The molecule has 2 rings (SSSR count). The van der Waals surface area contributed by atoms with Gasteiger partial charge in [0.25, 0.3) is 0 Å². The molecule has 0 aromatic carbocycles. The van der Waals surface area contributed by atoms with Crippen LogP contribution >= 0.6 is 0 Å². The van der Waals surface area contributed by atoms with Gasteiger partial charge in [0.15, 0.2) is 0 Å². The normalized spacial score (nSPS) is 27.4. The average Bonchev–Trinajstić information content (AvgIpc) is 2.56. The molecule has 0 amide bonds. The molecule has 15 heavy (non-hydrogen) atoms. The van der Waals surface area contributed by atoms with Crippen molar-refractivity contribution in [3.8, 4) is 0 Å². The van der Waals surface area contributed by atoms with E-state index < -0.39 is 0 Å². The van der Waals surface area contributed by atoms with Gasteiger partial charge >= 0.3 is 0 Å². The van der Waals surface area contributed by atoms with Gasteiger partial charge in [-0.15, -0.1) is 0 Å². The van der Waals surface area contributed by atoms with Gasteiger partial charge in [-0.1, -0.05) is 12.8 Å². The first-order chi connectivity index (χ1) is 6.99. The maximum Gasteiger partial charge on any atom is 0.0226 e. The SMILES string of the molecule is CC(C)(N)CN1CCC2(CCCC2)CC1. The van der Waals surface area contributed by atoms with Gasteiger partial charge in [0, 0.05) is 12.1 Å². The van der Waals surface area contributed by atoms with Crippen LogP contribution in [-0.2, 0) is 0 Å². The highest BCUT2D eigenvalue weighted by Crippen LogP contribution is 2.46. The summed E-state index contributed by atoms with van der Waals surface area (Å²) in [5, 5.41) is 0. The van der Waals surface area contributed by atoms with E-state index in [1.165, 1.54) is 51.6 Å². The summed E-state index contributed by atoms with van der Waals surface area (Å²) in [5.74, 6) is 0. The summed E-state index contributed by atoms with van der Waals surface area (Å²) < 4.78 is 0. The van der Waals surface area contributed by atoms with Crippen molar-refractivity contribution in [2.24, 2.45) is 11.1 Å². The smallest absolute Gasteiger partial charge is 0.0226 e. The van der Waals surface area contributed by atoms with Crippen molar-refractivity contribution < 1.29 is 0 Å². The average molecular weight is 210 g/mol. The maximum absolute atomic E-state index is 6.07. The molecule has 1 saturated carbocycles. The molecule has 2 fully saturated rings. The quantitative estimate of drug-likeness (QED) is 0.758. The van der Waals surface area contributed by atoms with Gasteiger partial charge < -0.3 is 10.6 Å². The van der Waals surface area contributed by atoms with Crippen LogP contribution in [0.3, 0.4) is 0 Å². The minimum Gasteiger partial charge on any atom is -0.324 e. The van der Waals surface area contributed by atoms with Gasteiger partial charge in [-0.3, -0.25) is 0 Å². The molecule has 2 aliphatic rings. The lowest BCUT2D eigenvalue weighted by molar-refractivity contribution is 0.0948. The Morgan fingerprint density at radius 1 is 1.07 bits per heavy atom. The summed E-state index contributed by atoms with van der Waals surface area (Å²) in [6.07, 6.45) is 8.77. The van der Waals surface area contributed by atoms with Gasteiger partial charge in [0.1, 0.15) is 0 Å². The lowest BCUT2D eigenvalue weighted by Gasteiger charge is -2.41. The molecular weight excluding hydrogens is 184 g/mol. The molecule has 0 unspecified atom stereocenters. The van der Waals surface area contributed by atoms with E-state index in [1.807, 2.05) is 0 Å². The summed E-state index contributed by atoms with van der Waals surface area (Å²) in [5.41, 5.74) is 6.79. The third kappa shape index (κ3) is 2.94. The number of hydrogen-bond donors (Lipinski definition) is 1. The Labute approximate surface area is 94.2 Å². The van der Waals surface area contributed by atoms with Crippen molar-refractivity contribution in [3.05, 3.63) is 0 Å². The van der Waals surface area contributed by atoms with Crippen LogP contribution in [0.1, 0.15) is 52.4 Å². The molecule has 1 spiro atoms. The lowest BCUT2D eigenvalue weighted by atomic mass is 9.77. The molecule has 2 heteroatoms. The number of piperidine rings is 1. The van der Waals surface area contributed by atoms with E-state index in [1.54, 1.807) is 0 Å². The van der Waals surface area contributed by atoms with Crippen LogP contribution in [0.5, 0.6) is 0 Å². The Bertz CT molecular complexity index is 201. The second-order valence-corrected chi connectivity index (χ2v) is 6.47. The monoisotopic (exact) mass is 210 g/mol. The molecule has 1 aliphatic heterocycles. The number of hydrogen-bond acceptors (Lipinski definition) is 2. The minimum absolute atomic E-state index is 0.0276. The second kappa shape index (κ2) is 4.06. The van der Waals surface area contributed by atoms with Crippen molar-refractivity contribution >= 4 is 0 Å². The maximum atomic E-state index is 6.07. The fraction of sp³-hybridized carbons (Fsp3) is 1.00. The van der Waals surface area contributed by atoms with Crippen LogP contribution in [-0.4, -0.2) is 30.1 Å². The Morgan fingerprint density at radius 2 is 1.60 bits per heavy atom. The first-order valence-corrected chi connectivity index (χ1v) is 6.51. The molecule has 1 saturated heterocycles. The van der Waals surface area contributed by atoms with Crippen molar-refractivity contribution in [2.75, 3.05) is 19.6 Å². The molecule has 0 aromatic heterocycles. The Hall–Kier alpha value is -0.0800. The van der Waals surface area contributed by atoms with E-state index in [-0.39, 0.29) is 5.54 Å². The van der Waals surface area contributed by atoms with Gasteiger partial charge in [0.05, 0.1) is 0 Å². The molecule has 0 radical (unpaired) electrons. The third-order valence-corrected chi connectivity index (χ3v) is 4.21. The van der Waals surface area contributed by atoms with Crippen LogP contribution in [0.15, 0.2) is 0 Å². The first-order valence-electron chi connectivity index (χ1n) is 6.51. The van der Waals surface area contributed by atoms with Gasteiger partial charge in [-0.05, 0) is 58.0 Å².